The summed E-state index contributed by atoms with van der Waals surface area (Å²) in [5.41, 5.74) is 4.49. The molecule has 0 saturated heterocycles. The number of nitrogens with two attached hydrogens (primary N) is 1. The van der Waals surface area contributed by atoms with Crippen molar-refractivity contribution in [1.29, 1.82) is 0 Å². The fraction of sp³-hybridized carbons (Fsp3) is 0.263. The van der Waals surface area contributed by atoms with Crippen molar-refractivity contribution < 1.29 is 9.47 Å². The fourth-order valence-electron chi connectivity index (χ4n) is 3.49. The molecule has 2 heterocycles. The molecule has 140 valence electrons. The summed E-state index contributed by atoms with van der Waals surface area (Å²) in [6, 6.07) is 10.2. The molecule has 3 N–H and O–H groups in total. The summed E-state index contributed by atoms with van der Waals surface area (Å²) in [6.07, 6.45) is 2.55. The van der Waals surface area contributed by atoms with Crippen LogP contribution in [0.25, 0.3) is 10.9 Å². The van der Waals surface area contributed by atoms with Crippen molar-refractivity contribution in [2.24, 2.45) is 5.14 Å². The van der Waals surface area contributed by atoms with Crippen molar-refractivity contribution >= 4 is 34.5 Å². The van der Waals surface area contributed by atoms with Crippen LogP contribution in [0.4, 0.5) is 11.5 Å². The summed E-state index contributed by atoms with van der Waals surface area (Å²) in [5, 5.41) is 6.45. The number of hydrogen-bond acceptors (Lipinski definition) is 8. The van der Waals surface area contributed by atoms with Crippen LogP contribution in [0.1, 0.15) is 11.1 Å². The van der Waals surface area contributed by atoms with Gasteiger partial charge in [-0.2, -0.15) is 0 Å². The highest BCUT2D eigenvalue weighted by atomic mass is 32.2. The van der Waals surface area contributed by atoms with Crippen LogP contribution in [0.2, 0.25) is 0 Å². The van der Waals surface area contributed by atoms with Gasteiger partial charge in [0.05, 0.1) is 19.7 Å². The second-order valence-electron chi connectivity index (χ2n) is 6.30. The number of hydrogen-bond donors (Lipinski definition) is 2. The van der Waals surface area contributed by atoms with Crippen LogP contribution in [0.5, 0.6) is 11.5 Å². The molecule has 2 aromatic carbocycles. The van der Waals surface area contributed by atoms with Crippen LogP contribution >= 0.6 is 12.1 Å². The van der Waals surface area contributed by atoms with Crippen LogP contribution in [0, 0.1) is 0 Å². The number of anilines is 2. The van der Waals surface area contributed by atoms with Gasteiger partial charge in [-0.1, -0.05) is 6.07 Å². The van der Waals surface area contributed by atoms with E-state index in [0.717, 1.165) is 54.1 Å². The van der Waals surface area contributed by atoms with Crippen LogP contribution < -0.4 is 24.2 Å². The number of aromatic nitrogens is 2. The number of ether oxygens (including phenoxy) is 2. The van der Waals surface area contributed by atoms with Crippen molar-refractivity contribution in [2.75, 3.05) is 30.4 Å². The Hall–Kier alpha value is -2.71. The zero-order chi connectivity index (χ0) is 18.8. The summed E-state index contributed by atoms with van der Waals surface area (Å²) >= 11 is 1.11. The molecule has 0 amide bonds. The minimum atomic E-state index is 0.663. The predicted molar refractivity (Wildman–Crippen MR) is 109 cm³/mol. The molecule has 3 aromatic rings. The summed E-state index contributed by atoms with van der Waals surface area (Å²) in [7, 11) is 3.26. The zero-order valence-corrected chi connectivity index (χ0v) is 16.0. The Balaban J connectivity index is 1.70. The van der Waals surface area contributed by atoms with E-state index >= 15 is 0 Å². The quantitative estimate of drug-likeness (QED) is 0.650. The molecule has 4 rings (SSSR count). The summed E-state index contributed by atoms with van der Waals surface area (Å²) < 4.78 is 13.9. The summed E-state index contributed by atoms with van der Waals surface area (Å²) in [5.74, 6) is 2.25. The minimum Gasteiger partial charge on any atom is -0.493 e. The molecule has 0 atom stereocenters. The highest BCUT2D eigenvalue weighted by Crippen LogP contribution is 2.36. The summed E-state index contributed by atoms with van der Waals surface area (Å²) in [6.45, 7) is 1.68. The molecule has 0 radical (unpaired) electrons. The van der Waals surface area contributed by atoms with Gasteiger partial charge in [0, 0.05) is 42.4 Å². The van der Waals surface area contributed by atoms with Gasteiger partial charge in [0.1, 0.15) is 12.1 Å². The lowest BCUT2D eigenvalue weighted by Gasteiger charge is -2.30. The molecular formula is C19H21N5O2S. The van der Waals surface area contributed by atoms with E-state index in [1.807, 2.05) is 18.2 Å². The van der Waals surface area contributed by atoms with Gasteiger partial charge in [-0.25, -0.2) is 9.97 Å². The number of nitrogens with one attached hydrogen (secondary N) is 1. The van der Waals surface area contributed by atoms with Crippen LogP contribution in [-0.4, -0.2) is 30.7 Å². The Bertz CT molecular complexity index is 982. The van der Waals surface area contributed by atoms with Gasteiger partial charge in [0.2, 0.25) is 0 Å². The van der Waals surface area contributed by atoms with Gasteiger partial charge in [0.25, 0.3) is 0 Å². The lowest BCUT2D eigenvalue weighted by molar-refractivity contribution is 0.356. The third-order valence-electron chi connectivity index (χ3n) is 4.81. The maximum absolute atomic E-state index is 5.50. The molecule has 27 heavy (non-hydrogen) atoms. The Labute approximate surface area is 162 Å². The largest absolute Gasteiger partial charge is 0.493 e. The van der Waals surface area contributed by atoms with E-state index in [2.05, 4.69) is 31.7 Å². The Kier molecular flexibility index (Phi) is 4.91. The van der Waals surface area contributed by atoms with E-state index in [9.17, 15) is 0 Å². The summed E-state index contributed by atoms with van der Waals surface area (Å²) in [4.78, 5) is 11.2. The van der Waals surface area contributed by atoms with E-state index in [1.165, 1.54) is 11.1 Å². The normalized spacial score (nSPS) is 13.4. The number of benzene rings is 2. The van der Waals surface area contributed by atoms with E-state index in [0.29, 0.717) is 11.5 Å². The Morgan fingerprint density at radius 1 is 1.07 bits per heavy atom. The SMILES string of the molecule is COc1cc2ncnc(N3CCc4cc(NSN)ccc4C3)c2cc1OC. The molecule has 0 spiro atoms. The van der Waals surface area contributed by atoms with Crippen LogP contribution in [0.3, 0.4) is 0 Å². The number of fused-ring (bicyclic) bond motifs is 2. The molecular weight excluding hydrogens is 362 g/mol. The second kappa shape index (κ2) is 7.50. The first-order chi connectivity index (χ1) is 13.2. The third kappa shape index (κ3) is 3.33. The molecule has 8 heteroatoms. The van der Waals surface area contributed by atoms with Gasteiger partial charge in [-0.05, 0) is 35.7 Å². The standard InChI is InChI=1S/C19H21N5O2S/c1-25-17-8-15-16(9-18(17)26-2)21-11-22-19(15)24-6-5-12-7-14(23-27-20)4-3-13(12)10-24/h3-4,7-9,11,23H,5-6,10,20H2,1-2H3. The van der Waals surface area contributed by atoms with Gasteiger partial charge in [0.15, 0.2) is 11.5 Å². The number of nitrogens with zero attached hydrogens (tertiary/aromatic N) is 3. The maximum Gasteiger partial charge on any atom is 0.162 e. The van der Waals surface area contributed by atoms with Gasteiger partial charge in [-0.15, -0.1) is 0 Å². The monoisotopic (exact) mass is 383 g/mol. The molecule has 1 aromatic heterocycles. The van der Waals surface area contributed by atoms with Gasteiger partial charge >= 0.3 is 0 Å². The number of rotatable bonds is 5. The maximum atomic E-state index is 5.50. The molecule has 0 aliphatic carbocycles. The topological polar surface area (TPSA) is 85.5 Å². The van der Waals surface area contributed by atoms with E-state index < -0.39 is 0 Å². The van der Waals surface area contributed by atoms with E-state index in [4.69, 9.17) is 14.6 Å². The molecule has 0 bridgehead atoms. The minimum absolute atomic E-state index is 0.663. The smallest absolute Gasteiger partial charge is 0.162 e. The lowest BCUT2D eigenvalue weighted by atomic mass is 9.99. The van der Waals surface area contributed by atoms with Gasteiger partial charge in [-0.3, -0.25) is 5.14 Å². The van der Waals surface area contributed by atoms with Crippen LogP contribution in [-0.2, 0) is 13.0 Å². The highest BCUT2D eigenvalue weighted by molar-refractivity contribution is 7.98. The molecule has 1 aliphatic rings. The lowest BCUT2D eigenvalue weighted by Crippen LogP contribution is -2.31. The average Bonchev–Trinajstić information content (AvgIpc) is 2.72. The Morgan fingerprint density at radius 2 is 1.89 bits per heavy atom. The van der Waals surface area contributed by atoms with Crippen molar-refractivity contribution in [3.05, 3.63) is 47.8 Å². The first kappa shape index (κ1) is 17.7. The fourth-order valence-corrected chi connectivity index (χ4v) is 3.75. The molecule has 0 unspecified atom stereocenters. The molecule has 7 nitrogen and oxygen atoms in total. The molecule has 0 fully saturated rings. The molecule has 0 saturated carbocycles. The van der Waals surface area contributed by atoms with E-state index in [-0.39, 0.29) is 0 Å². The van der Waals surface area contributed by atoms with Crippen molar-refractivity contribution in [2.45, 2.75) is 13.0 Å². The zero-order valence-electron chi connectivity index (χ0n) is 15.2. The van der Waals surface area contributed by atoms with Crippen molar-refractivity contribution in [3.63, 3.8) is 0 Å². The predicted octanol–water partition coefficient (Wildman–Crippen LogP) is 3.14. The third-order valence-corrected chi connectivity index (χ3v) is 5.17. The van der Waals surface area contributed by atoms with E-state index in [1.54, 1.807) is 20.5 Å². The first-order valence-electron chi connectivity index (χ1n) is 8.58. The number of methoxy groups -OCH3 is 2. The second-order valence-corrected chi connectivity index (χ2v) is 6.74. The van der Waals surface area contributed by atoms with Crippen molar-refractivity contribution in [3.8, 4) is 11.5 Å². The van der Waals surface area contributed by atoms with Crippen LogP contribution in [0.15, 0.2) is 36.7 Å². The average molecular weight is 383 g/mol. The molecule has 1 aliphatic heterocycles. The van der Waals surface area contributed by atoms with Crippen molar-refractivity contribution in [1.82, 2.24) is 9.97 Å². The Morgan fingerprint density at radius 3 is 2.67 bits per heavy atom. The highest BCUT2D eigenvalue weighted by Gasteiger charge is 2.21. The first-order valence-corrected chi connectivity index (χ1v) is 9.46. The van der Waals surface area contributed by atoms with Gasteiger partial charge < -0.3 is 19.1 Å².